The number of likely N-dealkylation sites (tertiary alicyclic amines) is 1. The number of rotatable bonds is 6. The first-order valence-corrected chi connectivity index (χ1v) is 11.4. The van der Waals surface area contributed by atoms with Gasteiger partial charge >= 0.3 is 0 Å². The molecular weight excluding hydrogens is 442 g/mol. The molecule has 1 aliphatic rings. The molecule has 0 bridgehead atoms. The lowest BCUT2D eigenvalue weighted by atomic mass is 9.96. The Hall–Kier alpha value is -4.44. The Morgan fingerprint density at radius 1 is 1.09 bits per heavy atom. The number of hydrogen-bond donors (Lipinski definition) is 1. The first kappa shape index (κ1) is 21.1. The summed E-state index contributed by atoms with van der Waals surface area (Å²) in [6.07, 6.45) is 10.1. The maximum Gasteiger partial charge on any atom is 0.262 e. The van der Waals surface area contributed by atoms with E-state index in [0.717, 1.165) is 42.3 Å². The van der Waals surface area contributed by atoms with Gasteiger partial charge in [0.15, 0.2) is 5.65 Å². The Bertz CT molecular complexity index is 1480. The number of carbonyl (C=O) groups excluding carboxylic acids is 1. The molecule has 35 heavy (non-hydrogen) atoms. The summed E-state index contributed by atoms with van der Waals surface area (Å²) in [7, 11) is 0. The van der Waals surface area contributed by atoms with Gasteiger partial charge in [-0.05, 0) is 25.1 Å². The van der Waals surface area contributed by atoms with E-state index < -0.39 is 0 Å². The molecule has 0 aliphatic carbocycles. The molecule has 1 aliphatic heterocycles. The maximum atomic E-state index is 13.2. The minimum atomic E-state index is -0.281. The van der Waals surface area contributed by atoms with E-state index >= 15 is 0 Å². The highest BCUT2D eigenvalue weighted by atomic mass is 16.1. The summed E-state index contributed by atoms with van der Waals surface area (Å²) in [6, 6.07) is 11.8. The molecular formula is C25H23N9O. The van der Waals surface area contributed by atoms with Crippen molar-refractivity contribution in [1.82, 2.24) is 39.2 Å². The summed E-state index contributed by atoms with van der Waals surface area (Å²) in [5.74, 6) is 0.598. The van der Waals surface area contributed by atoms with Crippen LogP contribution in [-0.4, -0.2) is 58.2 Å². The van der Waals surface area contributed by atoms with Crippen LogP contribution in [0.25, 0.3) is 11.3 Å². The molecule has 0 saturated carbocycles. The van der Waals surface area contributed by atoms with Gasteiger partial charge in [0.2, 0.25) is 0 Å². The molecule has 1 N–H and O–H groups in total. The summed E-state index contributed by atoms with van der Waals surface area (Å²) in [5.41, 5.74) is 4.84. The van der Waals surface area contributed by atoms with Gasteiger partial charge in [-0.25, -0.2) is 14.2 Å². The predicted octanol–water partition coefficient (Wildman–Crippen LogP) is 2.87. The fourth-order valence-electron chi connectivity index (χ4n) is 4.27. The van der Waals surface area contributed by atoms with Gasteiger partial charge in [0.1, 0.15) is 11.4 Å². The van der Waals surface area contributed by atoms with Crippen LogP contribution in [-0.2, 0) is 6.54 Å². The molecule has 1 amide bonds. The van der Waals surface area contributed by atoms with Crippen molar-refractivity contribution in [3.05, 3.63) is 96.1 Å². The average molecular weight is 466 g/mol. The van der Waals surface area contributed by atoms with Crippen LogP contribution in [0.1, 0.15) is 33.2 Å². The molecule has 1 aromatic carbocycles. The molecule has 5 aromatic rings. The van der Waals surface area contributed by atoms with Crippen LogP contribution in [0.3, 0.4) is 0 Å². The summed E-state index contributed by atoms with van der Waals surface area (Å²) < 4.78 is 3.37. The molecule has 0 unspecified atom stereocenters. The molecule has 6 rings (SSSR count). The lowest BCUT2D eigenvalue weighted by molar-refractivity contribution is 0.102. The third-order valence-electron chi connectivity index (χ3n) is 6.15. The van der Waals surface area contributed by atoms with Crippen molar-refractivity contribution in [3.8, 4) is 5.69 Å². The van der Waals surface area contributed by atoms with E-state index in [9.17, 15) is 4.79 Å². The van der Waals surface area contributed by atoms with E-state index in [0.29, 0.717) is 17.0 Å². The van der Waals surface area contributed by atoms with Gasteiger partial charge in [-0.2, -0.15) is 10.2 Å². The van der Waals surface area contributed by atoms with E-state index in [4.69, 9.17) is 5.10 Å². The molecule has 1 saturated heterocycles. The standard InChI is InChI=1S/C25H23N9O/c1-17-3-5-20(6-4-17)34-23(30-25(35)21-13-29-33-10-2-7-28-24(21)33)11-22(31-34)18-14-32(15-18)16-19-12-26-8-9-27-19/h2-13,18H,14-16H2,1H3,(H,30,35). The normalized spacial score (nSPS) is 14.2. The zero-order chi connectivity index (χ0) is 23.8. The van der Waals surface area contributed by atoms with Crippen molar-refractivity contribution in [2.45, 2.75) is 19.4 Å². The van der Waals surface area contributed by atoms with Crippen molar-refractivity contribution in [2.24, 2.45) is 0 Å². The number of carbonyl (C=O) groups is 1. The van der Waals surface area contributed by atoms with Crippen molar-refractivity contribution in [3.63, 3.8) is 0 Å². The number of aryl methyl sites for hydroxylation is 1. The highest BCUT2D eigenvalue weighted by Crippen LogP contribution is 2.30. The Morgan fingerprint density at radius 2 is 1.94 bits per heavy atom. The van der Waals surface area contributed by atoms with Crippen molar-refractivity contribution >= 4 is 17.4 Å². The molecule has 10 heteroatoms. The van der Waals surface area contributed by atoms with Crippen molar-refractivity contribution in [1.29, 1.82) is 0 Å². The van der Waals surface area contributed by atoms with Crippen LogP contribution < -0.4 is 5.32 Å². The highest BCUT2D eigenvalue weighted by molar-refractivity contribution is 6.07. The van der Waals surface area contributed by atoms with Gasteiger partial charge in [0, 0.05) is 62.6 Å². The number of nitrogens with zero attached hydrogens (tertiary/aromatic N) is 8. The third kappa shape index (κ3) is 4.15. The Balaban J connectivity index is 1.26. The van der Waals surface area contributed by atoms with E-state index in [1.54, 1.807) is 46.2 Å². The lowest BCUT2D eigenvalue weighted by Crippen LogP contribution is -2.44. The van der Waals surface area contributed by atoms with Gasteiger partial charge in [-0.1, -0.05) is 17.7 Å². The third-order valence-corrected chi connectivity index (χ3v) is 6.15. The zero-order valence-electron chi connectivity index (χ0n) is 19.1. The van der Waals surface area contributed by atoms with Crippen LogP contribution in [0.4, 0.5) is 5.82 Å². The number of nitrogens with one attached hydrogen (secondary N) is 1. The summed E-state index contributed by atoms with van der Waals surface area (Å²) in [4.78, 5) is 28.3. The first-order chi connectivity index (χ1) is 17.1. The van der Waals surface area contributed by atoms with Gasteiger partial charge in [-0.3, -0.25) is 19.7 Å². The quantitative estimate of drug-likeness (QED) is 0.411. The molecule has 5 heterocycles. The number of aromatic nitrogens is 7. The van der Waals surface area contributed by atoms with E-state index in [1.807, 2.05) is 37.3 Å². The van der Waals surface area contributed by atoms with E-state index in [1.165, 1.54) is 6.20 Å². The van der Waals surface area contributed by atoms with Crippen LogP contribution in [0.15, 0.2) is 73.6 Å². The second-order valence-corrected chi connectivity index (χ2v) is 8.69. The predicted molar refractivity (Wildman–Crippen MR) is 129 cm³/mol. The largest absolute Gasteiger partial charge is 0.306 e. The number of benzene rings is 1. The van der Waals surface area contributed by atoms with Crippen LogP contribution in [0, 0.1) is 6.92 Å². The van der Waals surface area contributed by atoms with Gasteiger partial charge in [0.25, 0.3) is 5.91 Å². The lowest BCUT2D eigenvalue weighted by Gasteiger charge is -2.37. The Labute approximate surface area is 201 Å². The zero-order valence-corrected chi connectivity index (χ0v) is 19.1. The smallest absolute Gasteiger partial charge is 0.262 e. The van der Waals surface area contributed by atoms with Gasteiger partial charge in [0.05, 0.1) is 23.3 Å². The Morgan fingerprint density at radius 3 is 2.74 bits per heavy atom. The monoisotopic (exact) mass is 465 g/mol. The van der Waals surface area contributed by atoms with E-state index in [-0.39, 0.29) is 11.8 Å². The SMILES string of the molecule is Cc1ccc(-n2nc(C3CN(Cc4cnccn4)C3)cc2NC(=O)c2cnn3cccnc23)cc1. The minimum absolute atomic E-state index is 0.271. The fraction of sp³-hybridized carbons (Fsp3) is 0.200. The summed E-state index contributed by atoms with van der Waals surface area (Å²) in [5, 5.41) is 12.1. The number of hydrogen-bond acceptors (Lipinski definition) is 7. The Kier molecular flexibility index (Phi) is 5.27. The number of fused-ring (bicyclic) bond motifs is 1. The summed E-state index contributed by atoms with van der Waals surface area (Å²) >= 11 is 0. The molecule has 1 fully saturated rings. The fourth-order valence-corrected chi connectivity index (χ4v) is 4.27. The molecule has 174 valence electrons. The summed E-state index contributed by atoms with van der Waals surface area (Å²) in [6.45, 7) is 4.53. The minimum Gasteiger partial charge on any atom is -0.306 e. The van der Waals surface area contributed by atoms with Crippen LogP contribution >= 0.6 is 0 Å². The van der Waals surface area contributed by atoms with Gasteiger partial charge in [-0.15, -0.1) is 0 Å². The topological polar surface area (TPSA) is 106 Å². The second kappa shape index (κ2) is 8.73. The maximum absolute atomic E-state index is 13.2. The average Bonchev–Trinajstić information content (AvgIpc) is 3.47. The van der Waals surface area contributed by atoms with Crippen molar-refractivity contribution in [2.75, 3.05) is 18.4 Å². The first-order valence-electron chi connectivity index (χ1n) is 11.4. The molecule has 4 aromatic heterocycles. The highest BCUT2D eigenvalue weighted by Gasteiger charge is 2.31. The molecule has 0 radical (unpaired) electrons. The van der Waals surface area contributed by atoms with Crippen LogP contribution in [0.2, 0.25) is 0 Å². The van der Waals surface area contributed by atoms with E-state index in [2.05, 4.69) is 30.3 Å². The molecule has 0 spiro atoms. The van der Waals surface area contributed by atoms with Crippen LogP contribution in [0.5, 0.6) is 0 Å². The number of amides is 1. The van der Waals surface area contributed by atoms with Gasteiger partial charge < -0.3 is 5.32 Å². The number of anilines is 1. The molecule has 10 nitrogen and oxygen atoms in total. The van der Waals surface area contributed by atoms with Crippen molar-refractivity contribution < 1.29 is 4.79 Å². The second-order valence-electron chi connectivity index (χ2n) is 8.69. The molecule has 0 atom stereocenters.